The van der Waals surface area contributed by atoms with Crippen LogP contribution in [0.1, 0.15) is 45.6 Å². The number of nitro benzene ring substituents is 1. The number of nitro groups is 1. The summed E-state index contributed by atoms with van der Waals surface area (Å²) in [4.78, 5) is 76.4. The number of hydrogen-bond acceptors (Lipinski definition) is 9. The van der Waals surface area contributed by atoms with E-state index in [0.29, 0.717) is 18.4 Å². The van der Waals surface area contributed by atoms with Crippen LogP contribution in [0.25, 0.3) is 0 Å². The highest BCUT2D eigenvalue weighted by molar-refractivity contribution is 5.93. The van der Waals surface area contributed by atoms with Crippen molar-refractivity contribution in [3.63, 3.8) is 0 Å². The van der Waals surface area contributed by atoms with Crippen LogP contribution in [0.5, 0.6) is 5.75 Å². The van der Waals surface area contributed by atoms with Crippen molar-refractivity contribution in [3.8, 4) is 5.75 Å². The molecule has 1 saturated heterocycles. The monoisotopic (exact) mass is 640 g/mol. The van der Waals surface area contributed by atoms with Crippen LogP contribution >= 0.6 is 0 Å². The molecule has 0 bridgehead atoms. The van der Waals surface area contributed by atoms with E-state index in [-0.39, 0.29) is 30.3 Å². The zero-order chi connectivity index (χ0) is 34.0. The number of ether oxygens (including phenoxy) is 1. The third-order valence-corrected chi connectivity index (χ3v) is 7.07. The Labute approximate surface area is 266 Å². The summed E-state index contributed by atoms with van der Waals surface area (Å²) in [6.45, 7) is 4.93. The van der Waals surface area contributed by atoms with E-state index in [9.17, 15) is 39.2 Å². The molecule has 2 aromatic rings. The third-order valence-electron chi connectivity index (χ3n) is 7.07. The van der Waals surface area contributed by atoms with Crippen molar-refractivity contribution in [2.24, 2.45) is 5.73 Å². The van der Waals surface area contributed by atoms with Crippen LogP contribution in [0.2, 0.25) is 0 Å². The molecule has 6 N–H and O–H groups in total. The number of carbonyl (C=O) groups is 5. The number of nitrogens with one attached hydrogen (secondary N) is 3. The number of aliphatic hydroxyl groups excluding tert-OH is 1. The lowest BCUT2D eigenvalue weighted by molar-refractivity contribution is -0.385. The summed E-state index contributed by atoms with van der Waals surface area (Å²) < 4.78 is 5.27. The second-order valence-corrected chi connectivity index (χ2v) is 12.0. The van der Waals surface area contributed by atoms with Gasteiger partial charge in [-0.1, -0.05) is 42.5 Å². The normalized spacial score (nSPS) is 16.4. The van der Waals surface area contributed by atoms with Crippen LogP contribution in [-0.2, 0) is 30.4 Å². The van der Waals surface area contributed by atoms with Crippen molar-refractivity contribution in [2.75, 3.05) is 13.2 Å². The predicted molar refractivity (Wildman–Crippen MR) is 165 cm³/mol. The predicted octanol–water partition coefficient (Wildman–Crippen LogP) is 0.328. The Hall–Kier alpha value is -5.05. The van der Waals surface area contributed by atoms with E-state index in [4.69, 9.17) is 10.5 Å². The van der Waals surface area contributed by atoms with Crippen molar-refractivity contribution < 1.29 is 38.7 Å². The number of nitrogens with zero attached hydrogens (tertiary/aromatic N) is 2. The van der Waals surface area contributed by atoms with E-state index >= 15 is 0 Å². The van der Waals surface area contributed by atoms with E-state index in [1.54, 1.807) is 30.3 Å². The standard InChI is InChI=1S/C31H40N6O9/c1-31(2,3)35-29(42)23-13-9-15-36(23)30(43)27(40)20(16-19-10-5-4-6-11-19)34-28(41)21(17-25(32)38)33-26(39)18-46-24-14-8-7-12-22(24)37(44)45/h4-8,10-12,14,20-21,23,27,40H,9,13,15-18H2,1-3H3,(H2,32,38)(H,33,39)(H,34,41)(H,35,42)/t20-,21-,23-,27-/m0/s1. The molecule has 0 aromatic heterocycles. The maximum Gasteiger partial charge on any atom is 0.310 e. The quantitative estimate of drug-likeness (QED) is 0.141. The molecule has 0 spiro atoms. The molecule has 4 atom stereocenters. The van der Waals surface area contributed by atoms with Gasteiger partial charge in [-0.15, -0.1) is 0 Å². The summed E-state index contributed by atoms with van der Waals surface area (Å²) in [6, 6.07) is 10.5. The second kappa shape index (κ2) is 15.8. The lowest BCUT2D eigenvalue weighted by Crippen LogP contribution is -2.59. The Bertz CT molecular complexity index is 1430. The zero-order valence-corrected chi connectivity index (χ0v) is 25.9. The van der Waals surface area contributed by atoms with Crippen molar-refractivity contribution in [1.29, 1.82) is 0 Å². The minimum atomic E-state index is -1.79. The molecule has 1 aliphatic rings. The first-order valence-electron chi connectivity index (χ1n) is 14.7. The molecule has 1 heterocycles. The summed E-state index contributed by atoms with van der Waals surface area (Å²) >= 11 is 0. The van der Waals surface area contributed by atoms with Crippen molar-refractivity contribution in [1.82, 2.24) is 20.9 Å². The van der Waals surface area contributed by atoms with Gasteiger partial charge in [-0.3, -0.25) is 34.1 Å². The molecule has 5 amide bonds. The van der Waals surface area contributed by atoms with Gasteiger partial charge in [0.25, 0.3) is 11.8 Å². The highest BCUT2D eigenvalue weighted by Crippen LogP contribution is 2.25. The SMILES string of the molecule is CC(C)(C)NC(=O)[C@@H]1CCCN1C(=O)[C@@H](O)[C@H](Cc1ccccc1)NC(=O)[C@H](CC(N)=O)NC(=O)COc1ccccc1[N+](=O)[O-]. The maximum atomic E-state index is 13.6. The number of hydrogen-bond donors (Lipinski definition) is 5. The number of carbonyl (C=O) groups excluding carboxylic acids is 5. The van der Waals surface area contributed by atoms with Crippen LogP contribution in [0, 0.1) is 10.1 Å². The third kappa shape index (κ3) is 10.3. The van der Waals surface area contributed by atoms with Gasteiger partial charge in [0.15, 0.2) is 18.5 Å². The summed E-state index contributed by atoms with van der Waals surface area (Å²) in [5.41, 5.74) is 5.08. The van der Waals surface area contributed by atoms with E-state index in [0.717, 1.165) is 0 Å². The number of amides is 5. The Balaban J connectivity index is 1.78. The van der Waals surface area contributed by atoms with Gasteiger partial charge >= 0.3 is 5.69 Å². The number of aliphatic hydroxyl groups is 1. The molecule has 0 radical (unpaired) electrons. The van der Waals surface area contributed by atoms with E-state index in [2.05, 4.69) is 16.0 Å². The van der Waals surface area contributed by atoms with Gasteiger partial charge < -0.3 is 36.4 Å². The number of likely N-dealkylation sites (tertiary alicyclic amines) is 1. The van der Waals surface area contributed by atoms with E-state index in [1.165, 1.54) is 29.2 Å². The van der Waals surface area contributed by atoms with Crippen LogP contribution < -0.4 is 26.4 Å². The fraction of sp³-hybridized carbons (Fsp3) is 0.452. The van der Waals surface area contributed by atoms with Crippen molar-refractivity contribution in [3.05, 3.63) is 70.3 Å². The molecule has 2 aromatic carbocycles. The van der Waals surface area contributed by atoms with Crippen LogP contribution in [0.3, 0.4) is 0 Å². The lowest BCUT2D eigenvalue weighted by Gasteiger charge is -2.32. The van der Waals surface area contributed by atoms with Gasteiger partial charge in [0, 0.05) is 18.2 Å². The molecule has 15 nitrogen and oxygen atoms in total. The van der Waals surface area contributed by atoms with Crippen LogP contribution in [0.15, 0.2) is 54.6 Å². The molecule has 0 unspecified atom stereocenters. The van der Waals surface area contributed by atoms with Crippen molar-refractivity contribution >= 4 is 35.2 Å². The first kappa shape index (κ1) is 35.4. The fourth-order valence-corrected chi connectivity index (χ4v) is 5.01. The number of benzene rings is 2. The van der Waals surface area contributed by atoms with Gasteiger partial charge in [-0.05, 0) is 51.7 Å². The van der Waals surface area contributed by atoms with Crippen LogP contribution in [0.4, 0.5) is 5.69 Å². The Morgan fingerprint density at radius 1 is 1.07 bits per heavy atom. The Morgan fingerprint density at radius 3 is 2.35 bits per heavy atom. The minimum absolute atomic E-state index is 0.00972. The Kier molecular flexibility index (Phi) is 12.2. The lowest BCUT2D eigenvalue weighted by atomic mass is 9.99. The summed E-state index contributed by atoms with van der Waals surface area (Å²) in [5.74, 6) is -4.04. The summed E-state index contributed by atoms with van der Waals surface area (Å²) in [6.07, 6.45) is -1.50. The first-order valence-corrected chi connectivity index (χ1v) is 14.7. The van der Waals surface area contributed by atoms with E-state index < -0.39 is 71.3 Å². The highest BCUT2D eigenvalue weighted by atomic mass is 16.6. The van der Waals surface area contributed by atoms with E-state index in [1.807, 2.05) is 20.8 Å². The highest BCUT2D eigenvalue weighted by Gasteiger charge is 2.41. The summed E-state index contributed by atoms with van der Waals surface area (Å²) in [5, 5.41) is 30.3. The largest absolute Gasteiger partial charge is 0.477 e. The number of nitrogens with two attached hydrogens (primary N) is 1. The number of primary amides is 1. The molecule has 1 aliphatic heterocycles. The van der Waals surface area contributed by atoms with Gasteiger partial charge in [-0.25, -0.2) is 0 Å². The molecule has 3 rings (SSSR count). The first-order chi connectivity index (χ1) is 21.7. The number of rotatable bonds is 14. The minimum Gasteiger partial charge on any atom is -0.477 e. The topological polar surface area (TPSA) is 223 Å². The van der Waals surface area contributed by atoms with Gasteiger partial charge in [0.05, 0.1) is 17.4 Å². The Morgan fingerprint density at radius 2 is 1.72 bits per heavy atom. The second-order valence-electron chi connectivity index (χ2n) is 12.0. The average Bonchev–Trinajstić information content (AvgIpc) is 3.48. The average molecular weight is 641 g/mol. The molecule has 0 aliphatic carbocycles. The fourth-order valence-electron chi connectivity index (χ4n) is 5.01. The molecule has 0 saturated carbocycles. The molecule has 46 heavy (non-hydrogen) atoms. The molecular formula is C31H40N6O9. The molecule has 15 heteroatoms. The summed E-state index contributed by atoms with van der Waals surface area (Å²) in [7, 11) is 0. The van der Waals surface area contributed by atoms with Crippen molar-refractivity contribution in [2.45, 2.75) is 76.2 Å². The molecule has 1 fully saturated rings. The van der Waals surface area contributed by atoms with Gasteiger partial charge in [-0.2, -0.15) is 0 Å². The maximum absolute atomic E-state index is 13.6. The molecular weight excluding hydrogens is 600 g/mol. The molecule has 248 valence electrons. The van der Waals surface area contributed by atoms with Gasteiger partial charge in [0.2, 0.25) is 17.7 Å². The smallest absolute Gasteiger partial charge is 0.310 e. The van der Waals surface area contributed by atoms with Gasteiger partial charge in [0.1, 0.15) is 12.1 Å². The zero-order valence-electron chi connectivity index (χ0n) is 25.9. The number of para-hydroxylation sites is 2. The van der Waals surface area contributed by atoms with Crippen LogP contribution in [-0.4, -0.2) is 87.4 Å².